The molecule has 2 aromatic carbocycles. The molecule has 0 fully saturated rings. The number of hydrogen-bond donors (Lipinski definition) is 1. The van der Waals surface area contributed by atoms with Gasteiger partial charge in [-0.1, -0.05) is 47.1 Å². The molecule has 1 N–H and O–H groups in total. The zero-order valence-corrected chi connectivity index (χ0v) is 16.5. The minimum absolute atomic E-state index is 0.00809. The smallest absolute Gasteiger partial charge is 0.271 e. The van der Waals surface area contributed by atoms with Crippen molar-refractivity contribution in [1.82, 2.24) is 9.97 Å². The molecule has 0 spiro atoms. The van der Waals surface area contributed by atoms with Crippen molar-refractivity contribution in [3.05, 3.63) is 79.9 Å². The number of thioether (sulfide) groups is 1. The highest BCUT2D eigenvalue weighted by molar-refractivity contribution is 7.98. The van der Waals surface area contributed by atoms with E-state index in [4.69, 9.17) is 23.2 Å². The van der Waals surface area contributed by atoms with Gasteiger partial charge in [-0.2, -0.15) is 0 Å². The van der Waals surface area contributed by atoms with Crippen molar-refractivity contribution in [3.8, 4) is 0 Å². The summed E-state index contributed by atoms with van der Waals surface area (Å²) in [6, 6.07) is 13.4. The van der Waals surface area contributed by atoms with Crippen molar-refractivity contribution in [2.75, 3.05) is 5.32 Å². The topological polar surface area (TPSA) is 81.0 Å². The van der Waals surface area contributed by atoms with E-state index in [1.807, 2.05) is 6.92 Å². The van der Waals surface area contributed by atoms with Crippen molar-refractivity contribution >= 4 is 52.2 Å². The number of anilines is 2. The van der Waals surface area contributed by atoms with Crippen molar-refractivity contribution in [2.45, 2.75) is 17.8 Å². The summed E-state index contributed by atoms with van der Waals surface area (Å²) in [5.41, 5.74) is 2.18. The standard InChI is InChI=1S/C18H14Cl2N4O2S/c1-11-8-17(22-12-4-2-5-13(9-12)24(25)26)23-18(21-11)27-10-14-15(19)6-3-7-16(14)20/h2-9H,10H2,1H3,(H,21,22,23). The first-order valence-electron chi connectivity index (χ1n) is 7.85. The number of rotatable bonds is 6. The number of nitrogens with zero attached hydrogens (tertiary/aromatic N) is 3. The summed E-state index contributed by atoms with van der Waals surface area (Å²) >= 11 is 13.8. The van der Waals surface area contributed by atoms with Crippen LogP contribution in [0.25, 0.3) is 0 Å². The lowest BCUT2D eigenvalue weighted by Crippen LogP contribution is -1.99. The first-order valence-corrected chi connectivity index (χ1v) is 9.59. The van der Waals surface area contributed by atoms with Gasteiger partial charge in [0.1, 0.15) is 5.82 Å². The lowest BCUT2D eigenvalue weighted by Gasteiger charge is -2.09. The molecule has 0 amide bonds. The fourth-order valence-electron chi connectivity index (χ4n) is 2.32. The van der Waals surface area contributed by atoms with E-state index < -0.39 is 4.92 Å². The molecule has 3 aromatic rings. The van der Waals surface area contributed by atoms with E-state index in [9.17, 15) is 10.1 Å². The second-order valence-electron chi connectivity index (χ2n) is 5.60. The maximum atomic E-state index is 10.9. The Morgan fingerprint density at radius 1 is 1.11 bits per heavy atom. The molecule has 0 aliphatic carbocycles. The van der Waals surface area contributed by atoms with E-state index in [1.165, 1.54) is 23.9 Å². The van der Waals surface area contributed by atoms with Crippen LogP contribution in [0.1, 0.15) is 11.3 Å². The molecule has 0 aliphatic heterocycles. The molecule has 3 rings (SSSR count). The van der Waals surface area contributed by atoms with Crippen molar-refractivity contribution < 1.29 is 4.92 Å². The van der Waals surface area contributed by atoms with Crippen molar-refractivity contribution in [3.63, 3.8) is 0 Å². The average Bonchev–Trinajstić information content (AvgIpc) is 2.61. The third-order valence-corrected chi connectivity index (χ3v) is 5.15. The van der Waals surface area contributed by atoms with Crippen LogP contribution in [-0.2, 0) is 5.75 Å². The summed E-state index contributed by atoms with van der Waals surface area (Å²) in [5, 5.41) is 15.7. The van der Waals surface area contributed by atoms with Gasteiger partial charge in [0.05, 0.1) is 4.92 Å². The minimum Gasteiger partial charge on any atom is -0.340 e. The summed E-state index contributed by atoms with van der Waals surface area (Å²) in [7, 11) is 0. The fraction of sp³-hybridized carbons (Fsp3) is 0.111. The van der Waals surface area contributed by atoms with Gasteiger partial charge in [-0.05, 0) is 30.7 Å². The van der Waals surface area contributed by atoms with Gasteiger partial charge >= 0.3 is 0 Å². The predicted molar refractivity (Wildman–Crippen MR) is 109 cm³/mol. The van der Waals surface area contributed by atoms with E-state index in [0.717, 1.165) is 11.3 Å². The van der Waals surface area contributed by atoms with Crippen LogP contribution in [0.5, 0.6) is 0 Å². The van der Waals surface area contributed by atoms with Crippen molar-refractivity contribution in [1.29, 1.82) is 0 Å². The SMILES string of the molecule is Cc1cc(Nc2cccc([N+](=O)[O-])c2)nc(SCc2c(Cl)cccc2Cl)n1. The van der Waals surface area contributed by atoms with E-state index >= 15 is 0 Å². The molecule has 0 aliphatic rings. The minimum atomic E-state index is -0.439. The third kappa shape index (κ3) is 5.09. The summed E-state index contributed by atoms with van der Waals surface area (Å²) in [5.74, 6) is 1.08. The fourth-order valence-corrected chi connectivity index (χ4v) is 3.97. The number of hydrogen-bond acceptors (Lipinski definition) is 6. The molecule has 1 heterocycles. The number of aryl methyl sites for hydroxylation is 1. The Balaban J connectivity index is 1.78. The van der Waals surface area contributed by atoms with Crippen LogP contribution >= 0.6 is 35.0 Å². The van der Waals surface area contributed by atoms with Gasteiger partial charge in [-0.25, -0.2) is 9.97 Å². The highest BCUT2D eigenvalue weighted by Gasteiger charge is 2.10. The van der Waals surface area contributed by atoms with Crippen LogP contribution in [-0.4, -0.2) is 14.9 Å². The number of halogens is 2. The van der Waals surface area contributed by atoms with Crippen LogP contribution in [0.4, 0.5) is 17.2 Å². The molecule has 0 atom stereocenters. The van der Waals surface area contributed by atoms with Gasteiger partial charge < -0.3 is 5.32 Å². The number of non-ortho nitro benzene ring substituents is 1. The largest absolute Gasteiger partial charge is 0.340 e. The molecule has 0 saturated heterocycles. The quantitative estimate of drug-likeness (QED) is 0.226. The maximum Gasteiger partial charge on any atom is 0.271 e. The normalized spacial score (nSPS) is 10.6. The zero-order chi connectivity index (χ0) is 19.4. The maximum absolute atomic E-state index is 10.9. The van der Waals surface area contributed by atoms with Crippen LogP contribution in [0.3, 0.4) is 0 Å². The van der Waals surface area contributed by atoms with Gasteiger partial charge in [-0.15, -0.1) is 0 Å². The van der Waals surface area contributed by atoms with Gasteiger partial charge in [0.25, 0.3) is 5.69 Å². The molecule has 138 valence electrons. The first kappa shape index (κ1) is 19.4. The van der Waals surface area contributed by atoms with Crippen LogP contribution < -0.4 is 5.32 Å². The van der Waals surface area contributed by atoms with E-state index in [-0.39, 0.29) is 5.69 Å². The van der Waals surface area contributed by atoms with Gasteiger partial charge in [0.15, 0.2) is 5.16 Å². The number of nitro benzene ring substituents is 1. The molecule has 0 radical (unpaired) electrons. The molecule has 0 unspecified atom stereocenters. The molecule has 9 heteroatoms. The van der Waals surface area contributed by atoms with Gasteiger partial charge in [0.2, 0.25) is 0 Å². The second-order valence-corrected chi connectivity index (χ2v) is 7.36. The lowest BCUT2D eigenvalue weighted by molar-refractivity contribution is -0.384. The lowest BCUT2D eigenvalue weighted by atomic mass is 10.2. The molecular weight excluding hydrogens is 407 g/mol. The van der Waals surface area contributed by atoms with Gasteiger partial charge in [0, 0.05) is 45.4 Å². The summed E-state index contributed by atoms with van der Waals surface area (Å²) < 4.78 is 0. The Kier molecular flexibility index (Phi) is 6.15. The molecule has 6 nitrogen and oxygen atoms in total. The number of nitrogens with one attached hydrogen (secondary N) is 1. The predicted octanol–water partition coefficient (Wildman–Crippen LogP) is 6.04. The highest BCUT2D eigenvalue weighted by atomic mass is 35.5. The number of aromatic nitrogens is 2. The first-order chi connectivity index (χ1) is 12.9. The molecule has 0 bridgehead atoms. The summed E-state index contributed by atoms with van der Waals surface area (Å²) in [6.07, 6.45) is 0. The number of nitro groups is 1. The summed E-state index contributed by atoms with van der Waals surface area (Å²) in [4.78, 5) is 19.4. The Bertz CT molecular complexity index is 981. The van der Waals surface area contributed by atoms with Crippen LogP contribution in [0.15, 0.2) is 53.7 Å². The Labute approximate surface area is 170 Å². The Morgan fingerprint density at radius 2 is 1.81 bits per heavy atom. The monoisotopic (exact) mass is 420 g/mol. The molecule has 27 heavy (non-hydrogen) atoms. The zero-order valence-electron chi connectivity index (χ0n) is 14.1. The molecular formula is C18H14Cl2N4O2S. The summed E-state index contributed by atoms with van der Waals surface area (Å²) in [6.45, 7) is 1.85. The van der Waals surface area contributed by atoms with Gasteiger partial charge in [-0.3, -0.25) is 10.1 Å². The highest BCUT2D eigenvalue weighted by Crippen LogP contribution is 2.31. The molecule has 0 saturated carbocycles. The van der Waals surface area contributed by atoms with Crippen molar-refractivity contribution in [2.24, 2.45) is 0 Å². The van der Waals surface area contributed by atoms with E-state index in [1.54, 1.807) is 36.4 Å². The Hall–Kier alpha value is -2.35. The van der Waals surface area contributed by atoms with E-state index in [2.05, 4.69) is 15.3 Å². The van der Waals surface area contributed by atoms with Crippen LogP contribution in [0.2, 0.25) is 10.0 Å². The number of benzene rings is 2. The molecule has 1 aromatic heterocycles. The average molecular weight is 421 g/mol. The third-order valence-electron chi connectivity index (χ3n) is 3.57. The van der Waals surface area contributed by atoms with Crippen LogP contribution in [0, 0.1) is 17.0 Å². The van der Waals surface area contributed by atoms with E-state index in [0.29, 0.717) is 32.5 Å². The second kappa shape index (κ2) is 8.56. The Morgan fingerprint density at radius 3 is 2.52 bits per heavy atom.